The Morgan fingerprint density at radius 2 is 1.61 bits per heavy atom. The minimum atomic E-state index is -0.211. The van der Waals surface area contributed by atoms with Crippen LogP contribution < -0.4 is 14.6 Å². The number of hydrazone groups is 1. The van der Waals surface area contributed by atoms with Gasteiger partial charge in [-0.3, -0.25) is 4.90 Å². The minimum Gasteiger partial charge on any atom is -0.496 e. The van der Waals surface area contributed by atoms with Gasteiger partial charge >= 0.3 is 6.03 Å². The summed E-state index contributed by atoms with van der Waals surface area (Å²) < 4.78 is 6.36. The quantitative estimate of drug-likeness (QED) is 0.557. The summed E-state index contributed by atoms with van der Waals surface area (Å²) in [5, 5.41) is 6.12. The summed E-state index contributed by atoms with van der Waals surface area (Å²) in [5.74, 6) is 0.718. The SMILES string of the molecule is COc1ccccc1C1=NN(c2ccccc2)C(=O)N(c2ccccc2Br)C1. The average molecular weight is 436 g/mol. The number of halogens is 1. The molecule has 4 rings (SSSR count). The van der Waals surface area contributed by atoms with Crippen LogP contribution in [-0.4, -0.2) is 25.4 Å². The van der Waals surface area contributed by atoms with E-state index in [1.54, 1.807) is 12.0 Å². The van der Waals surface area contributed by atoms with Gasteiger partial charge in [0.05, 0.1) is 30.7 Å². The molecule has 0 unspecified atom stereocenters. The Morgan fingerprint density at radius 3 is 2.36 bits per heavy atom. The summed E-state index contributed by atoms with van der Waals surface area (Å²) in [6.07, 6.45) is 0. The molecule has 1 heterocycles. The van der Waals surface area contributed by atoms with Crippen LogP contribution in [0.1, 0.15) is 5.56 Å². The van der Waals surface area contributed by atoms with Crippen molar-refractivity contribution >= 4 is 39.0 Å². The maximum atomic E-state index is 13.3. The smallest absolute Gasteiger partial charge is 0.350 e. The first kappa shape index (κ1) is 18.3. The van der Waals surface area contributed by atoms with Crippen LogP contribution in [0.15, 0.2) is 88.4 Å². The van der Waals surface area contributed by atoms with Gasteiger partial charge in [-0.2, -0.15) is 10.1 Å². The predicted octanol–water partition coefficient (Wildman–Crippen LogP) is 5.31. The number of carbonyl (C=O) groups excluding carboxylic acids is 1. The molecule has 0 aliphatic carbocycles. The number of para-hydroxylation sites is 3. The number of hydrogen-bond acceptors (Lipinski definition) is 3. The molecule has 0 bridgehead atoms. The van der Waals surface area contributed by atoms with Gasteiger partial charge in [-0.25, -0.2) is 4.79 Å². The highest BCUT2D eigenvalue weighted by atomic mass is 79.9. The first-order valence-corrected chi connectivity index (χ1v) is 9.60. The van der Waals surface area contributed by atoms with E-state index >= 15 is 0 Å². The fourth-order valence-corrected chi connectivity index (χ4v) is 3.64. The summed E-state index contributed by atoms with van der Waals surface area (Å²) >= 11 is 3.56. The monoisotopic (exact) mass is 435 g/mol. The van der Waals surface area contributed by atoms with E-state index in [2.05, 4.69) is 21.0 Å². The molecular formula is C22H18BrN3O2. The second-order valence-corrected chi connectivity index (χ2v) is 7.07. The van der Waals surface area contributed by atoms with Crippen molar-refractivity contribution in [2.24, 2.45) is 5.10 Å². The van der Waals surface area contributed by atoms with Crippen LogP contribution in [0.5, 0.6) is 5.75 Å². The number of rotatable bonds is 4. The molecular weight excluding hydrogens is 418 g/mol. The maximum Gasteiger partial charge on any atom is 0.350 e. The highest BCUT2D eigenvalue weighted by Crippen LogP contribution is 2.31. The molecule has 0 atom stereocenters. The van der Waals surface area contributed by atoms with Crippen LogP contribution >= 0.6 is 15.9 Å². The van der Waals surface area contributed by atoms with Gasteiger partial charge in [-0.05, 0) is 52.3 Å². The molecule has 5 nitrogen and oxygen atoms in total. The maximum absolute atomic E-state index is 13.3. The standard InChI is InChI=1S/C22H18BrN3O2/c1-28-21-14-8-5-11-17(21)19-15-25(20-13-7-6-12-18(20)23)22(27)26(24-19)16-9-3-2-4-10-16/h2-14H,15H2,1H3. The van der Waals surface area contributed by atoms with Crippen LogP contribution in [0, 0.1) is 0 Å². The topological polar surface area (TPSA) is 45.1 Å². The number of anilines is 2. The van der Waals surface area contributed by atoms with Crippen LogP contribution in [0.2, 0.25) is 0 Å². The van der Waals surface area contributed by atoms with Crippen molar-refractivity contribution in [3.05, 3.63) is 88.9 Å². The van der Waals surface area contributed by atoms with Crippen molar-refractivity contribution in [2.75, 3.05) is 23.6 Å². The van der Waals surface area contributed by atoms with Gasteiger partial charge in [-0.15, -0.1) is 0 Å². The Balaban J connectivity index is 1.85. The largest absolute Gasteiger partial charge is 0.496 e. The molecule has 0 N–H and O–H groups in total. The third kappa shape index (κ3) is 3.39. The normalized spacial score (nSPS) is 14.1. The zero-order valence-electron chi connectivity index (χ0n) is 15.2. The van der Waals surface area contributed by atoms with E-state index in [0.717, 1.165) is 27.2 Å². The van der Waals surface area contributed by atoms with E-state index in [1.807, 2.05) is 78.9 Å². The molecule has 3 aromatic rings. The van der Waals surface area contributed by atoms with Crippen LogP contribution in [0.4, 0.5) is 16.2 Å². The highest BCUT2D eigenvalue weighted by Gasteiger charge is 2.32. The lowest BCUT2D eigenvalue weighted by Crippen LogP contribution is -2.49. The fraction of sp³-hybridized carbons (Fsp3) is 0.0909. The number of carbonyl (C=O) groups is 1. The Bertz CT molecular complexity index is 1040. The van der Waals surface area contributed by atoms with Crippen molar-refractivity contribution < 1.29 is 9.53 Å². The summed E-state index contributed by atoms with van der Waals surface area (Å²) in [6, 6.07) is 24.6. The molecule has 2 amide bonds. The molecule has 6 heteroatoms. The molecule has 1 aliphatic heterocycles. The van der Waals surface area contributed by atoms with E-state index < -0.39 is 0 Å². The molecule has 0 saturated carbocycles. The Hall–Kier alpha value is -3.12. The molecule has 0 saturated heterocycles. The summed E-state index contributed by atoms with van der Waals surface area (Å²) in [5.41, 5.74) is 3.10. The van der Waals surface area contributed by atoms with Gasteiger partial charge in [0.2, 0.25) is 0 Å². The summed E-state index contributed by atoms with van der Waals surface area (Å²) in [7, 11) is 1.63. The molecule has 3 aromatic carbocycles. The number of ether oxygens (including phenoxy) is 1. The first-order chi connectivity index (χ1) is 13.7. The van der Waals surface area contributed by atoms with Crippen molar-refractivity contribution in [1.29, 1.82) is 0 Å². The van der Waals surface area contributed by atoms with Gasteiger partial charge in [0.15, 0.2) is 0 Å². The van der Waals surface area contributed by atoms with Crippen molar-refractivity contribution in [3.63, 3.8) is 0 Å². The molecule has 28 heavy (non-hydrogen) atoms. The number of urea groups is 1. The lowest BCUT2D eigenvalue weighted by Gasteiger charge is -2.34. The van der Waals surface area contributed by atoms with Gasteiger partial charge in [-0.1, -0.05) is 42.5 Å². The third-order valence-corrected chi connectivity index (χ3v) is 5.17. The molecule has 140 valence electrons. The zero-order valence-corrected chi connectivity index (χ0v) is 16.8. The highest BCUT2D eigenvalue weighted by molar-refractivity contribution is 9.10. The Kier molecular flexibility index (Phi) is 5.12. The number of hydrogen-bond donors (Lipinski definition) is 0. The summed E-state index contributed by atoms with van der Waals surface area (Å²) in [6.45, 7) is 0.338. The third-order valence-electron chi connectivity index (χ3n) is 4.50. The summed E-state index contributed by atoms with van der Waals surface area (Å²) in [4.78, 5) is 15.0. The van der Waals surface area contributed by atoms with Crippen LogP contribution in [0.3, 0.4) is 0 Å². The van der Waals surface area contributed by atoms with Crippen molar-refractivity contribution in [1.82, 2.24) is 0 Å². The molecule has 0 fully saturated rings. The van der Waals surface area contributed by atoms with E-state index in [0.29, 0.717) is 12.2 Å². The van der Waals surface area contributed by atoms with E-state index in [4.69, 9.17) is 4.74 Å². The van der Waals surface area contributed by atoms with E-state index in [-0.39, 0.29) is 6.03 Å². The minimum absolute atomic E-state index is 0.211. The number of methoxy groups -OCH3 is 1. The Labute approximate surface area is 172 Å². The van der Waals surface area contributed by atoms with Crippen molar-refractivity contribution in [2.45, 2.75) is 0 Å². The second kappa shape index (κ2) is 7.86. The average Bonchev–Trinajstić information content (AvgIpc) is 2.75. The second-order valence-electron chi connectivity index (χ2n) is 6.21. The fourth-order valence-electron chi connectivity index (χ4n) is 3.15. The molecule has 0 spiro atoms. The number of benzene rings is 3. The van der Waals surface area contributed by atoms with Gasteiger partial charge in [0.1, 0.15) is 5.75 Å². The van der Waals surface area contributed by atoms with Crippen molar-refractivity contribution in [3.8, 4) is 5.75 Å². The van der Waals surface area contributed by atoms with Gasteiger partial charge < -0.3 is 4.74 Å². The first-order valence-electron chi connectivity index (χ1n) is 8.81. The number of amides is 2. The number of nitrogens with zero attached hydrogens (tertiary/aromatic N) is 3. The molecule has 0 radical (unpaired) electrons. The Morgan fingerprint density at radius 1 is 0.929 bits per heavy atom. The van der Waals surface area contributed by atoms with Crippen LogP contribution in [-0.2, 0) is 0 Å². The lowest BCUT2D eigenvalue weighted by atomic mass is 10.1. The van der Waals surface area contributed by atoms with Gasteiger partial charge in [0.25, 0.3) is 0 Å². The van der Waals surface area contributed by atoms with E-state index in [1.165, 1.54) is 5.01 Å². The van der Waals surface area contributed by atoms with E-state index in [9.17, 15) is 4.79 Å². The predicted molar refractivity (Wildman–Crippen MR) is 115 cm³/mol. The lowest BCUT2D eigenvalue weighted by molar-refractivity contribution is 0.251. The zero-order chi connectivity index (χ0) is 19.5. The molecule has 0 aromatic heterocycles. The van der Waals surface area contributed by atoms with Crippen LogP contribution in [0.25, 0.3) is 0 Å². The molecule has 1 aliphatic rings. The van der Waals surface area contributed by atoms with Gasteiger partial charge in [0, 0.05) is 10.0 Å².